The second kappa shape index (κ2) is 9.55. The highest BCUT2D eigenvalue weighted by Crippen LogP contribution is 2.29. The molecule has 4 heterocycles. The maximum atomic E-state index is 5.50. The molecule has 0 spiro atoms. The second-order valence-electron chi connectivity index (χ2n) is 8.62. The van der Waals surface area contributed by atoms with E-state index in [1.54, 1.807) is 6.20 Å². The summed E-state index contributed by atoms with van der Waals surface area (Å²) >= 11 is 5.50. The van der Waals surface area contributed by atoms with E-state index in [9.17, 15) is 0 Å². The summed E-state index contributed by atoms with van der Waals surface area (Å²) in [6.45, 7) is 9.41. The van der Waals surface area contributed by atoms with E-state index < -0.39 is 0 Å². The summed E-state index contributed by atoms with van der Waals surface area (Å²) in [5, 5.41) is 6.94. The number of thiocarbonyl (C=S) groups is 1. The maximum Gasteiger partial charge on any atom is 0.232 e. The molecule has 2 N–H and O–H groups in total. The average Bonchev–Trinajstić information content (AvgIpc) is 3.27. The van der Waals surface area contributed by atoms with Gasteiger partial charge in [0.25, 0.3) is 0 Å². The number of nitrogens with zero attached hydrogens (tertiary/aromatic N) is 5. The zero-order valence-electron chi connectivity index (χ0n) is 17.8. The second-order valence-corrected chi connectivity index (χ2v) is 9.03. The van der Waals surface area contributed by atoms with Crippen LogP contribution in [0.1, 0.15) is 38.7 Å². The van der Waals surface area contributed by atoms with E-state index in [-0.39, 0.29) is 0 Å². The van der Waals surface area contributed by atoms with Gasteiger partial charge in [0.05, 0.1) is 0 Å². The number of rotatable bonds is 5. The lowest BCUT2D eigenvalue weighted by Gasteiger charge is -2.36. The van der Waals surface area contributed by atoms with Crippen LogP contribution in [0.2, 0.25) is 0 Å². The van der Waals surface area contributed by atoms with Crippen molar-refractivity contribution in [2.24, 2.45) is 11.8 Å². The van der Waals surface area contributed by atoms with Gasteiger partial charge in [-0.2, -0.15) is 9.97 Å². The first kappa shape index (κ1) is 20.8. The minimum Gasteiger partial charge on any atom is -0.358 e. The highest BCUT2D eigenvalue weighted by Gasteiger charge is 2.25. The molecule has 0 amide bonds. The maximum absolute atomic E-state index is 5.50. The molecule has 4 rings (SSSR count). The fraction of sp³-hybridized carbons (Fsp3) is 0.545. The summed E-state index contributed by atoms with van der Waals surface area (Å²) in [7, 11) is 0. The summed E-state index contributed by atoms with van der Waals surface area (Å²) in [6.07, 6.45) is 7.29. The van der Waals surface area contributed by atoms with E-state index in [0.29, 0.717) is 29.4 Å². The van der Waals surface area contributed by atoms with Crippen LogP contribution in [-0.2, 0) is 6.54 Å². The molecular weight excluding hydrogens is 394 g/mol. The van der Waals surface area contributed by atoms with Crippen LogP contribution in [0, 0.1) is 11.8 Å². The Hall–Kier alpha value is -2.48. The van der Waals surface area contributed by atoms with Gasteiger partial charge in [-0.25, -0.2) is 0 Å². The van der Waals surface area contributed by atoms with Crippen molar-refractivity contribution < 1.29 is 0 Å². The van der Waals surface area contributed by atoms with Crippen LogP contribution in [-0.4, -0.2) is 46.2 Å². The van der Waals surface area contributed by atoms with Crippen LogP contribution in [0.5, 0.6) is 0 Å². The van der Waals surface area contributed by atoms with Gasteiger partial charge >= 0.3 is 0 Å². The Labute approximate surface area is 184 Å². The molecule has 2 aromatic heterocycles. The molecule has 2 aromatic rings. The lowest BCUT2D eigenvalue weighted by atomic mass is 9.92. The standard InChI is InChI=1S/C22H31N7S/c1-16-10-17(2)15-29(14-16)20-11-19(28-8-3-4-9-28)25-21(26-20)27-22(30)24-13-18-6-5-7-23-12-18/h5-7,11-12,16-17H,3-4,8-10,13-15H2,1-2H3,(H2,24,25,26,27,30)/t16-,17-/m0/s1. The molecule has 0 saturated carbocycles. The molecular formula is C22H31N7S. The molecule has 2 saturated heterocycles. The monoisotopic (exact) mass is 425 g/mol. The third-order valence-electron chi connectivity index (χ3n) is 5.72. The Kier molecular flexibility index (Phi) is 6.62. The Morgan fingerprint density at radius 3 is 2.47 bits per heavy atom. The molecule has 8 heteroatoms. The van der Waals surface area contributed by atoms with E-state index in [0.717, 1.165) is 43.4 Å². The molecule has 0 radical (unpaired) electrons. The van der Waals surface area contributed by atoms with Gasteiger partial charge in [0.2, 0.25) is 5.95 Å². The van der Waals surface area contributed by atoms with Gasteiger partial charge in [-0.05, 0) is 54.9 Å². The first-order valence-corrected chi connectivity index (χ1v) is 11.3. The first-order chi connectivity index (χ1) is 14.6. The van der Waals surface area contributed by atoms with Gasteiger partial charge in [0.15, 0.2) is 5.11 Å². The van der Waals surface area contributed by atoms with Crippen molar-refractivity contribution in [1.82, 2.24) is 20.3 Å². The highest BCUT2D eigenvalue weighted by atomic mass is 32.1. The fourth-order valence-electron chi connectivity index (χ4n) is 4.43. The van der Waals surface area contributed by atoms with E-state index in [2.05, 4.69) is 45.3 Å². The molecule has 0 unspecified atom stereocenters. The summed E-state index contributed by atoms with van der Waals surface area (Å²) in [6, 6.07) is 6.08. The Bertz CT molecular complexity index is 844. The molecule has 7 nitrogen and oxygen atoms in total. The third kappa shape index (κ3) is 5.36. The Morgan fingerprint density at radius 1 is 1.10 bits per heavy atom. The Morgan fingerprint density at radius 2 is 1.80 bits per heavy atom. The molecule has 0 aliphatic carbocycles. The Balaban J connectivity index is 1.50. The van der Waals surface area contributed by atoms with Gasteiger partial charge in [0, 0.05) is 51.2 Å². The van der Waals surface area contributed by atoms with Crippen molar-refractivity contribution in [2.75, 3.05) is 41.3 Å². The molecule has 0 aromatic carbocycles. The average molecular weight is 426 g/mol. The first-order valence-electron chi connectivity index (χ1n) is 10.9. The largest absolute Gasteiger partial charge is 0.358 e. The zero-order valence-corrected chi connectivity index (χ0v) is 18.7. The number of anilines is 3. The number of piperidine rings is 1. The van der Waals surface area contributed by atoms with Gasteiger partial charge < -0.3 is 20.4 Å². The van der Waals surface area contributed by atoms with Gasteiger partial charge in [0.1, 0.15) is 11.6 Å². The van der Waals surface area contributed by atoms with Crippen molar-refractivity contribution in [3.8, 4) is 0 Å². The predicted molar refractivity (Wildman–Crippen MR) is 126 cm³/mol. The van der Waals surface area contributed by atoms with E-state index in [1.807, 2.05) is 18.3 Å². The van der Waals surface area contributed by atoms with Crippen LogP contribution >= 0.6 is 12.2 Å². The molecule has 2 fully saturated rings. The van der Waals surface area contributed by atoms with Crippen molar-refractivity contribution in [3.05, 3.63) is 36.2 Å². The summed E-state index contributed by atoms with van der Waals surface area (Å²) < 4.78 is 0. The summed E-state index contributed by atoms with van der Waals surface area (Å²) in [5.74, 6) is 3.86. The number of nitrogens with one attached hydrogen (secondary N) is 2. The number of hydrogen-bond acceptors (Lipinski definition) is 6. The third-order valence-corrected chi connectivity index (χ3v) is 5.97. The van der Waals surface area contributed by atoms with Crippen LogP contribution < -0.4 is 20.4 Å². The smallest absolute Gasteiger partial charge is 0.232 e. The van der Waals surface area contributed by atoms with Crippen LogP contribution in [0.15, 0.2) is 30.6 Å². The van der Waals surface area contributed by atoms with Crippen molar-refractivity contribution >= 4 is 34.9 Å². The predicted octanol–water partition coefficient (Wildman–Crippen LogP) is 3.44. The topological polar surface area (TPSA) is 69.2 Å². The van der Waals surface area contributed by atoms with Crippen LogP contribution in [0.3, 0.4) is 0 Å². The minimum atomic E-state index is 0.517. The molecule has 2 aliphatic heterocycles. The molecule has 2 atom stereocenters. The summed E-state index contributed by atoms with van der Waals surface area (Å²) in [4.78, 5) is 18.5. The molecule has 0 bridgehead atoms. The lowest BCUT2D eigenvalue weighted by Crippen LogP contribution is -2.39. The van der Waals surface area contributed by atoms with Crippen LogP contribution in [0.4, 0.5) is 17.6 Å². The summed E-state index contributed by atoms with van der Waals surface area (Å²) in [5.41, 5.74) is 1.07. The molecule has 30 heavy (non-hydrogen) atoms. The van der Waals surface area contributed by atoms with Crippen molar-refractivity contribution in [1.29, 1.82) is 0 Å². The van der Waals surface area contributed by atoms with E-state index in [4.69, 9.17) is 22.2 Å². The van der Waals surface area contributed by atoms with Gasteiger partial charge in [-0.1, -0.05) is 19.9 Å². The minimum absolute atomic E-state index is 0.517. The number of hydrogen-bond donors (Lipinski definition) is 2. The quantitative estimate of drug-likeness (QED) is 0.706. The van der Waals surface area contributed by atoms with Crippen molar-refractivity contribution in [2.45, 2.75) is 39.7 Å². The molecule has 2 aliphatic rings. The number of pyridine rings is 1. The van der Waals surface area contributed by atoms with Crippen molar-refractivity contribution in [3.63, 3.8) is 0 Å². The number of aromatic nitrogens is 3. The highest BCUT2D eigenvalue weighted by molar-refractivity contribution is 7.80. The SMILES string of the molecule is C[C@H]1C[C@H](C)CN(c2cc(N3CCCC3)nc(NC(=S)NCc3cccnc3)n2)C1. The van der Waals surface area contributed by atoms with E-state index >= 15 is 0 Å². The van der Waals surface area contributed by atoms with Crippen LogP contribution in [0.25, 0.3) is 0 Å². The van der Waals surface area contributed by atoms with Gasteiger partial charge in [-0.15, -0.1) is 0 Å². The van der Waals surface area contributed by atoms with E-state index in [1.165, 1.54) is 19.3 Å². The molecule has 160 valence electrons. The zero-order chi connectivity index (χ0) is 20.9. The fourth-order valence-corrected chi connectivity index (χ4v) is 4.59. The van der Waals surface area contributed by atoms with Gasteiger partial charge in [-0.3, -0.25) is 4.98 Å². The lowest BCUT2D eigenvalue weighted by molar-refractivity contribution is 0.355. The normalized spacial score (nSPS) is 21.5.